The summed E-state index contributed by atoms with van der Waals surface area (Å²) in [5, 5.41) is 2.67. The molecule has 1 saturated carbocycles. The van der Waals surface area contributed by atoms with Crippen molar-refractivity contribution in [3.05, 3.63) is 0 Å². The van der Waals surface area contributed by atoms with E-state index in [4.69, 9.17) is 0 Å². The molecular weight excluding hydrogens is 294 g/mol. The quantitative estimate of drug-likeness (QED) is 0.771. The van der Waals surface area contributed by atoms with Gasteiger partial charge in [-0.15, -0.1) is 0 Å². The molecule has 0 bridgehead atoms. The third-order valence-electron chi connectivity index (χ3n) is 4.83. The average Bonchev–Trinajstić information content (AvgIpc) is 3.18. The van der Waals surface area contributed by atoms with Gasteiger partial charge in [-0.1, -0.05) is 13.8 Å². The Bertz CT molecular complexity index is 423. The predicted octanol–water partition coefficient (Wildman–Crippen LogP) is 1.56. The van der Waals surface area contributed by atoms with Gasteiger partial charge in [0.15, 0.2) is 0 Å². The normalized spacial score (nSPS) is 22.5. The largest absolute Gasteiger partial charge is 0.453 e. The smallest absolute Gasteiger partial charge is 0.407 e. The monoisotopic (exact) mass is 325 g/mol. The number of nitrogens with one attached hydrogen (secondary N) is 1. The van der Waals surface area contributed by atoms with E-state index in [-0.39, 0.29) is 11.8 Å². The zero-order chi connectivity index (χ0) is 17.0. The second-order valence-electron chi connectivity index (χ2n) is 7.46. The number of ether oxygens (including phenoxy) is 1. The number of hydrogen-bond donors (Lipinski definition) is 1. The van der Waals surface area contributed by atoms with Crippen molar-refractivity contribution in [3.8, 4) is 0 Å². The first-order valence-electron chi connectivity index (χ1n) is 8.72. The van der Waals surface area contributed by atoms with E-state index in [1.165, 1.54) is 26.5 Å². The highest BCUT2D eigenvalue weighted by molar-refractivity contribution is 5.86. The number of rotatable bonds is 7. The lowest BCUT2D eigenvalue weighted by Crippen LogP contribution is -2.50. The average molecular weight is 325 g/mol. The van der Waals surface area contributed by atoms with E-state index in [1.54, 1.807) is 0 Å². The van der Waals surface area contributed by atoms with Gasteiger partial charge in [-0.3, -0.25) is 4.79 Å². The Kier molecular flexibility index (Phi) is 6.27. The van der Waals surface area contributed by atoms with Gasteiger partial charge in [-0.2, -0.15) is 0 Å². The molecular formula is C17H31N3O3. The third-order valence-corrected chi connectivity index (χ3v) is 4.83. The SMILES string of the molecule is COC(=O)N[C@H](C(=O)N1CC[C@H](CN(C)CC2CC2)C1)C(C)C. The molecule has 2 rings (SSSR count). The van der Waals surface area contributed by atoms with Crippen molar-refractivity contribution in [2.75, 3.05) is 40.3 Å². The second kappa shape index (κ2) is 7.99. The van der Waals surface area contributed by atoms with Gasteiger partial charge in [0.05, 0.1) is 7.11 Å². The van der Waals surface area contributed by atoms with Crippen LogP contribution < -0.4 is 5.32 Å². The maximum Gasteiger partial charge on any atom is 0.407 e. The van der Waals surface area contributed by atoms with E-state index in [0.717, 1.165) is 32.0 Å². The van der Waals surface area contributed by atoms with Crippen molar-refractivity contribution in [1.82, 2.24) is 15.1 Å². The molecule has 2 aliphatic rings. The van der Waals surface area contributed by atoms with Gasteiger partial charge in [0.2, 0.25) is 5.91 Å². The summed E-state index contributed by atoms with van der Waals surface area (Å²) in [7, 11) is 3.50. The Morgan fingerprint density at radius 2 is 1.87 bits per heavy atom. The summed E-state index contributed by atoms with van der Waals surface area (Å²) in [5.74, 6) is 1.48. The molecule has 6 nitrogen and oxygen atoms in total. The minimum Gasteiger partial charge on any atom is -0.453 e. The van der Waals surface area contributed by atoms with E-state index >= 15 is 0 Å². The van der Waals surface area contributed by atoms with Gasteiger partial charge in [0.1, 0.15) is 6.04 Å². The number of carbonyl (C=O) groups is 2. The standard InChI is InChI=1S/C17H31N3O3/c1-12(2)15(18-17(22)23-4)16(21)20-8-7-14(11-20)10-19(3)9-13-5-6-13/h12-15H,5-11H2,1-4H3,(H,18,22)/t14-,15+/m1/s1. The Balaban J connectivity index is 1.82. The van der Waals surface area contributed by atoms with E-state index in [0.29, 0.717) is 5.92 Å². The van der Waals surface area contributed by atoms with Crippen LogP contribution >= 0.6 is 0 Å². The summed E-state index contributed by atoms with van der Waals surface area (Å²) >= 11 is 0. The molecule has 1 aliphatic heterocycles. The van der Waals surface area contributed by atoms with E-state index in [9.17, 15) is 9.59 Å². The number of alkyl carbamates (subject to hydrolysis) is 1. The third kappa shape index (κ3) is 5.37. The molecule has 1 aliphatic carbocycles. The van der Waals surface area contributed by atoms with Crippen LogP contribution in [0.1, 0.15) is 33.1 Å². The summed E-state index contributed by atoms with van der Waals surface area (Å²) in [4.78, 5) is 28.5. The topological polar surface area (TPSA) is 61.9 Å². The highest BCUT2D eigenvalue weighted by Crippen LogP contribution is 2.30. The van der Waals surface area contributed by atoms with Crippen LogP contribution in [0.25, 0.3) is 0 Å². The first-order chi connectivity index (χ1) is 10.9. The van der Waals surface area contributed by atoms with Crippen molar-refractivity contribution in [3.63, 3.8) is 0 Å². The summed E-state index contributed by atoms with van der Waals surface area (Å²) in [5.41, 5.74) is 0. The van der Waals surface area contributed by atoms with Gasteiger partial charge in [-0.25, -0.2) is 4.79 Å². The van der Waals surface area contributed by atoms with Crippen molar-refractivity contribution in [1.29, 1.82) is 0 Å². The van der Waals surface area contributed by atoms with Gasteiger partial charge in [0, 0.05) is 26.2 Å². The van der Waals surface area contributed by atoms with Gasteiger partial charge in [-0.05, 0) is 44.1 Å². The van der Waals surface area contributed by atoms with Crippen LogP contribution in [0.3, 0.4) is 0 Å². The van der Waals surface area contributed by atoms with E-state index < -0.39 is 12.1 Å². The van der Waals surface area contributed by atoms with E-state index in [2.05, 4.69) is 22.0 Å². The number of carbonyl (C=O) groups excluding carboxylic acids is 2. The second-order valence-corrected chi connectivity index (χ2v) is 7.46. The molecule has 0 aromatic heterocycles. The number of amides is 2. The molecule has 2 amide bonds. The molecule has 0 aromatic rings. The van der Waals surface area contributed by atoms with Gasteiger partial charge < -0.3 is 19.9 Å². The van der Waals surface area contributed by atoms with E-state index in [1.807, 2.05) is 18.7 Å². The molecule has 0 radical (unpaired) electrons. The maximum atomic E-state index is 12.7. The first-order valence-corrected chi connectivity index (χ1v) is 8.72. The highest BCUT2D eigenvalue weighted by Gasteiger charge is 2.34. The van der Waals surface area contributed by atoms with Crippen LogP contribution in [0.15, 0.2) is 0 Å². The lowest BCUT2D eigenvalue weighted by molar-refractivity contribution is -0.133. The fourth-order valence-corrected chi connectivity index (χ4v) is 3.33. The van der Waals surface area contributed by atoms with Crippen LogP contribution in [-0.2, 0) is 9.53 Å². The molecule has 1 N–H and O–H groups in total. The first kappa shape index (κ1) is 18.0. The Labute approximate surface area is 139 Å². The lowest BCUT2D eigenvalue weighted by atomic mass is 10.0. The number of likely N-dealkylation sites (tertiary alicyclic amines) is 1. The molecule has 1 heterocycles. The van der Waals surface area contributed by atoms with Gasteiger partial charge >= 0.3 is 6.09 Å². The zero-order valence-electron chi connectivity index (χ0n) is 14.9. The molecule has 0 spiro atoms. The molecule has 2 fully saturated rings. The molecule has 2 atom stereocenters. The minimum atomic E-state index is -0.544. The van der Waals surface area contributed by atoms with Gasteiger partial charge in [0.25, 0.3) is 0 Å². The van der Waals surface area contributed by atoms with Crippen molar-refractivity contribution >= 4 is 12.0 Å². The zero-order valence-corrected chi connectivity index (χ0v) is 14.9. The van der Waals surface area contributed by atoms with Crippen molar-refractivity contribution in [2.45, 2.75) is 39.2 Å². The molecule has 0 aromatic carbocycles. The van der Waals surface area contributed by atoms with Crippen LogP contribution in [-0.4, -0.2) is 68.2 Å². The summed E-state index contributed by atoms with van der Waals surface area (Å²) in [6.07, 6.45) is 3.24. The van der Waals surface area contributed by atoms with Crippen LogP contribution in [0.2, 0.25) is 0 Å². The maximum absolute atomic E-state index is 12.7. The minimum absolute atomic E-state index is 0.0118. The predicted molar refractivity (Wildman–Crippen MR) is 89.1 cm³/mol. The Hall–Kier alpha value is -1.30. The molecule has 132 valence electrons. The number of nitrogens with zero attached hydrogens (tertiary/aromatic N) is 2. The molecule has 23 heavy (non-hydrogen) atoms. The van der Waals surface area contributed by atoms with Crippen molar-refractivity contribution < 1.29 is 14.3 Å². The van der Waals surface area contributed by atoms with Crippen molar-refractivity contribution in [2.24, 2.45) is 17.8 Å². The summed E-state index contributed by atoms with van der Waals surface area (Å²) in [6.45, 7) is 7.69. The highest BCUT2D eigenvalue weighted by atomic mass is 16.5. The molecule has 0 unspecified atom stereocenters. The van der Waals surface area contributed by atoms with Crippen LogP contribution in [0.5, 0.6) is 0 Å². The number of methoxy groups -OCH3 is 1. The molecule has 6 heteroatoms. The Morgan fingerprint density at radius 1 is 1.22 bits per heavy atom. The number of hydrogen-bond acceptors (Lipinski definition) is 4. The van der Waals surface area contributed by atoms with Crippen LogP contribution in [0, 0.1) is 17.8 Å². The van der Waals surface area contributed by atoms with Crippen LogP contribution in [0.4, 0.5) is 4.79 Å². The molecule has 1 saturated heterocycles. The fraction of sp³-hybridized carbons (Fsp3) is 0.882. The lowest BCUT2D eigenvalue weighted by Gasteiger charge is -2.27. The summed E-state index contributed by atoms with van der Waals surface area (Å²) in [6, 6.07) is -0.509. The fourth-order valence-electron chi connectivity index (χ4n) is 3.33. The Morgan fingerprint density at radius 3 is 2.43 bits per heavy atom. The summed E-state index contributed by atoms with van der Waals surface area (Å²) < 4.78 is 4.63.